The first-order valence-electron chi connectivity index (χ1n) is 12.2. The molecule has 0 unspecified atom stereocenters. The molecule has 1 aliphatic heterocycles. The van der Waals surface area contributed by atoms with Crippen LogP contribution in [0.25, 0.3) is 16.7 Å². The number of nitrogens with zero attached hydrogens (tertiary/aromatic N) is 9. The number of piperazine rings is 1. The van der Waals surface area contributed by atoms with E-state index in [0.29, 0.717) is 23.3 Å². The molecule has 0 spiro atoms. The molecule has 188 valence electrons. The van der Waals surface area contributed by atoms with E-state index in [0.717, 1.165) is 24.3 Å². The zero-order chi connectivity index (χ0) is 25.7. The lowest BCUT2D eigenvalue weighted by Gasteiger charge is -2.48. The van der Waals surface area contributed by atoms with Gasteiger partial charge in [0.15, 0.2) is 11.5 Å². The van der Waals surface area contributed by atoms with Crippen LogP contribution >= 0.6 is 0 Å². The van der Waals surface area contributed by atoms with Crippen molar-refractivity contribution in [2.45, 2.75) is 58.8 Å². The summed E-state index contributed by atoms with van der Waals surface area (Å²) in [5.74, 6) is -0.389. The van der Waals surface area contributed by atoms with Crippen LogP contribution in [0.4, 0.5) is 10.1 Å². The van der Waals surface area contributed by atoms with E-state index in [4.69, 9.17) is 5.26 Å². The lowest BCUT2D eigenvalue weighted by atomic mass is 10.00. The van der Waals surface area contributed by atoms with Crippen LogP contribution in [-0.4, -0.2) is 59.0 Å². The summed E-state index contributed by atoms with van der Waals surface area (Å²) in [7, 11) is 1.72. The highest BCUT2D eigenvalue weighted by Crippen LogP contribution is 2.33. The van der Waals surface area contributed by atoms with Crippen molar-refractivity contribution in [1.82, 2.24) is 33.8 Å². The Kier molecular flexibility index (Phi) is 6.00. The van der Waals surface area contributed by atoms with Crippen molar-refractivity contribution in [2.24, 2.45) is 7.05 Å². The van der Waals surface area contributed by atoms with Gasteiger partial charge in [0, 0.05) is 50.5 Å². The van der Waals surface area contributed by atoms with Crippen molar-refractivity contribution in [1.29, 1.82) is 5.26 Å². The minimum absolute atomic E-state index is 0.0299. The summed E-state index contributed by atoms with van der Waals surface area (Å²) in [6.45, 7) is 9.59. The lowest BCUT2D eigenvalue weighted by Crippen LogP contribution is -2.58. The number of fused-ring (bicyclic) bond motifs is 2. The molecule has 3 atom stereocenters. The van der Waals surface area contributed by atoms with Gasteiger partial charge in [-0.2, -0.15) is 15.5 Å². The van der Waals surface area contributed by atoms with Crippen LogP contribution in [0.15, 0.2) is 29.3 Å². The lowest BCUT2D eigenvalue weighted by molar-refractivity contribution is 0.104. The standard InChI is InChI=1S/C25H30FN9O/c1-6-18-13-33(20-11-22(36)31(5)21-14-32(10-8-27)30-24(20)21)15(2)12-34(18)17(4)19-7-9-35-25(28-19)23(26)16(3)29-35/h7,9,11,14-15,17-18H,6,10,12-13H2,1-5H3/t15-,17-,18+/m0/s1. The summed E-state index contributed by atoms with van der Waals surface area (Å²) >= 11 is 0. The molecule has 0 aromatic carbocycles. The Balaban J connectivity index is 1.48. The number of aryl methyl sites for hydroxylation is 2. The molecule has 36 heavy (non-hydrogen) atoms. The van der Waals surface area contributed by atoms with E-state index in [2.05, 4.69) is 51.8 Å². The third-order valence-electron chi connectivity index (χ3n) is 7.37. The van der Waals surface area contributed by atoms with E-state index in [1.807, 2.05) is 6.07 Å². The monoisotopic (exact) mass is 491 g/mol. The molecular formula is C25H30FN9O. The van der Waals surface area contributed by atoms with Crippen LogP contribution < -0.4 is 10.5 Å². The Bertz CT molecular complexity index is 1550. The summed E-state index contributed by atoms with van der Waals surface area (Å²) in [6.07, 6.45) is 4.41. The second-order valence-electron chi connectivity index (χ2n) is 9.60. The third-order valence-corrected chi connectivity index (χ3v) is 7.37. The van der Waals surface area contributed by atoms with Crippen LogP contribution in [0, 0.1) is 24.1 Å². The van der Waals surface area contributed by atoms with E-state index in [1.165, 1.54) is 4.52 Å². The maximum atomic E-state index is 14.5. The van der Waals surface area contributed by atoms with Crippen LogP contribution in [-0.2, 0) is 13.6 Å². The maximum absolute atomic E-state index is 14.5. The Hall–Kier alpha value is -3.78. The van der Waals surface area contributed by atoms with Gasteiger partial charge in [0.25, 0.3) is 5.56 Å². The van der Waals surface area contributed by atoms with E-state index >= 15 is 0 Å². The average molecular weight is 492 g/mol. The van der Waals surface area contributed by atoms with Gasteiger partial charge in [0.2, 0.25) is 0 Å². The third kappa shape index (κ3) is 3.82. The number of rotatable bonds is 5. The van der Waals surface area contributed by atoms with Crippen molar-refractivity contribution in [2.75, 3.05) is 18.0 Å². The second kappa shape index (κ2) is 9.02. The van der Waals surface area contributed by atoms with Gasteiger partial charge >= 0.3 is 0 Å². The number of anilines is 1. The number of pyridine rings is 1. The summed E-state index contributed by atoms with van der Waals surface area (Å²) in [4.78, 5) is 22.1. The highest BCUT2D eigenvalue weighted by Gasteiger charge is 2.35. The minimum atomic E-state index is -0.389. The molecule has 4 aromatic heterocycles. The fraction of sp³-hybridized carbons (Fsp3) is 0.480. The molecule has 10 nitrogen and oxygen atoms in total. The van der Waals surface area contributed by atoms with Gasteiger partial charge in [-0.05, 0) is 33.3 Å². The van der Waals surface area contributed by atoms with Gasteiger partial charge in [-0.3, -0.25) is 14.4 Å². The van der Waals surface area contributed by atoms with Gasteiger partial charge in [-0.25, -0.2) is 13.9 Å². The molecule has 1 fully saturated rings. The zero-order valence-corrected chi connectivity index (χ0v) is 21.2. The van der Waals surface area contributed by atoms with E-state index in [9.17, 15) is 9.18 Å². The molecule has 0 bridgehead atoms. The first-order chi connectivity index (χ1) is 17.2. The van der Waals surface area contributed by atoms with Crippen LogP contribution in [0.3, 0.4) is 0 Å². The fourth-order valence-corrected chi connectivity index (χ4v) is 5.28. The average Bonchev–Trinajstić information content (AvgIpc) is 3.41. The first kappa shape index (κ1) is 23.9. The number of hydrogen-bond donors (Lipinski definition) is 0. The molecule has 11 heteroatoms. The SMILES string of the molecule is CC[C@@H]1CN(c2cc(=O)n(C)c3cn(CC#N)nc23)[C@@H](C)CN1[C@@H](C)c1ccn2nc(C)c(F)c2n1. The highest BCUT2D eigenvalue weighted by molar-refractivity contribution is 5.88. The van der Waals surface area contributed by atoms with Crippen molar-refractivity contribution in [3.05, 3.63) is 52.1 Å². The summed E-state index contributed by atoms with van der Waals surface area (Å²) < 4.78 is 19.1. The van der Waals surface area contributed by atoms with Gasteiger partial charge in [-0.1, -0.05) is 6.92 Å². The molecule has 0 N–H and O–H groups in total. The number of aromatic nitrogens is 6. The molecule has 0 amide bonds. The number of hydrogen-bond acceptors (Lipinski definition) is 7. The summed E-state index contributed by atoms with van der Waals surface area (Å²) in [5, 5.41) is 17.9. The smallest absolute Gasteiger partial charge is 0.252 e. The van der Waals surface area contributed by atoms with Crippen LogP contribution in [0.2, 0.25) is 0 Å². The molecule has 0 aliphatic carbocycles. The molecule has 4 aromatic rings. The molecule has 0 radical (unpaired) electrons. The molecule has 5 heterocycles. The first-order valence-corrected chi connectivity index (χ1v) is 12.2. The van der Waals surface area contributed by atoms with Crippen molar-refractivity contribution in [3.63, 3.8) is 0 Å². The van der Waals surface area contributed by atoms with Gasteiger partial charge < -0.3 is 9.47 Å². The number of halogens is 1. The topological polar surface area (TPSA) is 100 Å². The quantitative estimate of drug-likeness (QED) is 0.423. The van der Waals surface area contributed by atoms with Crippen LogP contribution in [0.5, 0.6) is 0 Å². The fourth-order valence-electron chi connectivity index (χ4n) is 5.28. The Morgan fingerprint density at radius 2 is 2.08 bits per heavy atom. The summed E-state index contributed by atoms with van der Waals surface area (Å²) in [5.41, 5.74) is 3.48. The predicted octanol–water partition coefficient (Wildman–Crippen LogP) is 2.80. The molecule has 5 rings (SSSR count). The van der Waals surface area contributed by atoms with E-state index < -0.39 is 0 Å². The van der Waals surface area contributed by atoms with Gasteiger partial charge in [0.1, 0.15) is 12.1 Å². The molecular weight excluding hydrogens is 461 g/mol. The Morgan fingerprint density at radius 1 is 1.31 bits per heavy atom. The van der Waals surface area contributed by atoms with Crippen molar-refractivity contribution < 1.29 is 4.39 Å². The normalized spacial score (nSPS) is 19.8. The van der Waals surface area contributed by atoms with Gasteiger partial charge in [0.05, 0.1) is 34.9 Å². The molecule has 1 aliphatic rings. The van der Waals surface area contributed by atoms with Gasteiger partial charge in [-0.15, -0.1) is 0 Å². The largest absolute Gasteiger partial charge is 0.364 e. The molecule has 1 saturated heterocycles. The Labute approximate surface area is 208 Å². The van der Waals surface area contributed by atoms with E-state index in [1.54, 1.807) is 41.7 Å². The second-order valence-corrected chi connectivity index (χ2v) is 9.60. The maximum Gasteiger partial charge on any atom is 0.252 e. The van der Waals surface area contributed by atoms with E-state index in [-0.39, 0.29) is 41.7 Å². The Morgan fingerprint density at radius 3 is 2.81 bits per heavy atom. The summed E-state index contributed by atoms with van der Waals surface area (Å²) in [6, 6.07) is 5.90. The minimum Gasteiger partial charge on any atom is -0.364 e. The molecule has 0 saturated carbocycles. The number of nitriles is 1. The zero-order valence-electron chi connectivity index (χ0n) is 21.2. The predicted molar refractivity (Wildman–Crippen MR) is 134 cm³/mol. The highest BCUT2D eigenvalue weighted by atomic mass is 19.1. The van der Waals surface area contributed by atoms with Crippen molar-refractivity contribution in [3.8, 4) is 6.07 Å². The van der Waals surface area contributed by atoms with Crippen molar-refractivity contribution >= 4 is 22.4 Å². The van der Waals surface area contributed by atoms with Crippen LogP contribution in [0.1, 0.15) is 44.6 Å².